The number of carbonyl (C=O) groups excluding carboxylic acids is 1. The molecular formula is C15H10ClN3O3. The van der Waals surface area contributed by atoms with Gasteiger partial charge in [0.15, 0.2) is 0 Å². The van der Waals surface area contributed by atoms with Gasteiger partial charge < -0.3 is 10.7 Å². The van der Waals surface area contributed by atoms with Gasteiger partial charge in [0.2, 0.25) is 0 Å². The first-order chi connectivity index (χ1) is 10.5. The third-order valence-electron chi connectivity index (χ3n) is 3.35. The zero-order valence-electron chi connectivity index (χ0n) is 11.2. The van der Waals surface area contributed by atoms with Crippen LogP contribution in [0.1, 0.15) is 10.5 Å². The van der Waals surface area contributed by atoms with Gasteiger partial charge in [0.25, 0.3) is 11.6 Å². The summed E-state index contributed by atoms with van der Waals surface area (Å²) < 4.78 is 0. The molecule has 22 heavy (non-hydrogen) atoms. The lowest BCUT2D eigenvalue weighted by Gasteiger charge is -2.03. The molecule has 0 fully saturated rings. The Balaban J connectivity index is 2.38. The molecule has 1 heterocycles. The number of non-ortho nitro benzene ring substituents is 1. The molecule has 1 aromatic heterocycles. The van der Waals surface area contributed by atoms with E-state index in [1.807, 2.05) is 0 Å². The number of nitrogens with one attached hydrogen (secondary N) is 1. The minimum atomic E-state index is -0.645. The Hall–Kier alpha value is -2.86. The Morgan fingerprint density at radius 3 is 2.64 bits per heavy atom. The van der Waals surface area contributed by atoms with E-state index >= 15 is 0 Å². The van der Waals surface area contributed by atoms with Crippen molar-refractivity contribution >= 4 is 34.1 Å². The summed E-state index contributed by atoms with van der Waals surface area (Å²) in [5, 5.41) is 12.0. The van der Waals surface area contributed by atoms with Gasteiger partial charge >= 0.3 is 0 Å². The Labute approximate surface area is 129 Å². The molecule has 0 radical (unpaired) electrons. The molecule has 7 heteroatoms. The van der Waals surface area contributed by atoms with E-state index in [-0.39, 0.29) is 11.4 Å². The summed E-state index contributed by atoms with van der Waals surface area (Å²) in [6.07, 6.45) is 0. The highest BCUT2D eigenvalue weighted by Gasteiger charge is 2.19. The van der Waals surface area contributed by atoms with Crippen molar-refractivity contribution in [2.45, 2.75) is 0 Å². The molecule has 3 rings (SSSR count). The molecule has 1 amide bonds. The standard InChI is InChI=1S/C15H10ClN3O3/c16-9-3-1-2-8(6-9)13-11-7-10(19(21)22)4-5-12(11)18-14(13)15(17)20/h1-7,18H,(H2,17,20). The first kappa shape index (κ1) is 14.1. The van der Waals surface area contributed by atoms with Crippen molar-refractivity contribution in [2.24, 2.45) is 5.73 Å². The second kappa shape index (κ2) is 5.16. The van der Waals surface area contributed by atoms with Crippen LogP contribution < -0.4 is 5.73 Å². The largest absolute Gasteiger partial charge is 0.364 e. The van der Waals surface area contributed by atoms with Crippen molar-refractivity contribution in [1.82, 2.24) is 4.98 Å². The monoisotopic (exact) mass is 315 g/mol. The molecule has 0 aliphatic carbocycles. The Morgan fingerprint density at radius 2 is 2.00 bits per heavy atom. The number of fused-ring (bicyclic) bond motifs is 1. The summed E-state index contributed by atoms with van der Waals surface area (Å²) in [6.45, 7) is 0. The molecular weight excluding hydrogens is 306 g/mol. The number of nitro benzene ring substituents is 1. The zero-order valence-corrected chi connectivity index (χ0v) is 11.9. The second-order valence-electron chi connectivity index (χ2n) is 4.74. The molecule has 3 N–H and O–H groups in total. The zero-order chi connectivity index (χ0) is 15.9. The third-order valence-corrected chi connectivity index (χ3v) is 3.59. The summed E-state index contributed by atoms with van der Waals surface area (Å²) in [7, 11) is 0. The van der Waals surface area contributed by atoms with Crippen molar-refractivity contribution in [2.75, 3.05) is 0 Å². The first-order valence-electron chi connectivity index (χ1n) is 6.33. The van der Waals surface area contributed by atoms with Crippen molar-refractivity contribution in [3.63, 3.8) is 0 Å². The molecule has 0 aliphatic rings. The maximum Gasteiger partial charge on any atom is 0.270 e. The van der Waals surface area contributed by atoms with Crippen LogP contribution in [0.15, 0.2) is 42.5 Å². The van der Waals surface area contributed by atoms with Crippen molar-refractivity contribution in [3.8, 4) is 11.1 Å². The van der Waals surface area contributed by atoms with Crippen LogP contribution in [0.4, 0.5) is 5.69 Å². The van der Waals surface area contributed by atoms with Gasteiger partial charge in [-0.15, -0.1) is 0 Å². The Bertz CT molecular complexity index is 918. The minimum absolute atomic E-state index is 0.0641. The highest BCUT2D eigenvalue weighted by molar-refractivity contribution is 6.31. The molecule has 0 saturated carbocycles. The van der Waals surface area contributed by atoms with E-state index in [4.69, 9.17) is 17.3 Å². The number of nitro groups is 1. The molecule has 0 aliphatic heterocycles. The lowest BCUT2D eigenvalue weighted by Crippen LogP contribution is -2.12. The number of rotatable bonds is 3. The molecule has 0 saturated heterocycles. The van der Waals surface area contributed by atoms with E-state index < -0.39 is 10.8 Å². The maximum absolute atomic E-state index is 11.7. The van der Waals surface area contributed by atoms with Crippen LogP contribution in [0.3, 0.4) is 0 Å². The normalized spacial score (nSPS) is 10.8. The number of aromatic nitrogens is 1. The minimum Gasteiger partial charge on any atom is -0.364 e. The van der Waals surface area contributed by atoms with Crippen LogP contribution >= 0.6 is 11.6 Å². The average molecular weight is 316 g/mol. The SMILES string of the molecule is NC(=O)c1[nH]c2ccc([N+](=O)[O-])cc2c1-c1cccc(Cl)c1. The number of nitrogens with two attached hydrogens (primary N) is 1. The van der Waals surface area contributed by atoms with Crippen LogP contribution in [0.5, 0.6) is 0 Å². The first-order valence-corrected chi connectivity index (χ1v) is 6.71. The highest BCUT2D eigenvalue weighted by atomic mass is 35.5. The fourth-order valence-electron chi connectivity index (χ4n) is 2.42. The summed E-state index contributed by atoms with van der Waals surface area (Å²) in [4.78, 5) is 25.1. The van der Waals surface area contributed by atoms with Gasteiger partial charge in [-0.3, -0.25) is 14.9 Å². The molecule has 0 atom stereocenters. The molecule has 3 aromatic rings. The van der Waals surface area contributed by atoms with E-state index in [0.29, 0.717) is 27.1 Å². The topological polar surface area (TPSA) is 102 Å². The van der Waals surface area contributed by atoms with E-state index in [1.54, 1.807) is 30.3 Å². The van der Waals surface area contributed by atoms with Crippen LogP contribution in [0, 0.1) is 10.1 Å². The highest BCUT2D eigenvalue weighted by Crippen LogP contribution is 2.35. The summed E-state index contributed by atoms with van der Waals surface area (Å²) in [5.41, 5.74) is 7.30. The number of benzene rings is 2. The summed E-state index contributed by atoms with van der Waals surface area (Å²) in [6, 6.07) is 11.2. The van der Waals surface area contributed by atoms with Gasteiger partial charge in [-0.2, -0.15) is 0 Å². The number of H-pyrrole nitrogens is 1. The van der Waals surface area contributed by atoms with E-state index in [1.165, 1.54) is 12.1 Å². The lowest BCUT2D eigenvalue weighted by atomic mass is 10.0. The number of hydrogen-bond donors (Lipinski definition) is 2. The van der Waals surface area contributed by atoms with Crippen molar-refractivity contribution in [3.05, 3.63) is 63.3 Å². The fourth-order valence-corrected chi connectivity index (χ4v) is 2.61. The van der Waals surface area contributed by atoms with Gasteiger partial charge in [0.1, 0.15) is 5.69 Å². The second-order valence-corrected chi connectivity index (χ2v) is 5.17. The fraction of sp³-hybridized carbons (Fsp3) is 0. The average Bonchev–Trinajstić information content (AvgIpc) is 2.85. The summed E-state index contributed by atoms with van der Waals surface area (Å²) >= 11 is 5.99. The van der Waals surface area contributed by atoms with Crippen molar-refractivity contribution in [1.29, 1.82) is 0 Å². The van der Waals surface area contributed by atoms with Crippen LogP contribution in [0.25, 0.3) is 22.0 Å². The Morgan fingerprint density at radius 1 is 1.23 bits per heavy atom. The quantitative estimate of drug-likeness (QED) is 0.571. The lowest BCUT2D eigenvalue weighted by molar-refractivity contribution is -0.384. The van der Waals surface area contributed by atoms with Crippen molar-refractivity contribution < 1.29 is 9.72 Å². The molecule has 2 aromatic carbocycles. The number of nitrogens with zero attached hydrogens (tertiary/aromatic N) is 1. The van der Waals surface area contributed by atoms with Gasteiger partial charge in [-0.25, -0.2) is 0 Å². The Kier molecular flexibility index (Phi) is 3.30. The molecule has 110 valence electrons. The van der Waals surface area contributed by atoms with Gasteiger partial charge in [-0.1, -0.05) is 23.7 Å². The molecule has 6 nitrogen and oxygen atoms in total. The number of aromatic amines is 1. The molecule has 0 unspecified atom stereocenters. The smallest absolute Gasteiger partial charge is 0.270 e. The maximum atomic E-state index is 11.7. The molecule has 0 bridgehead atoms. The number of primary amides is 1. The number of hydrogen-bond acceptors (Lipinski definition) is 3. The number of halogens is 1. The van der Waals surface area contributed by atoms with E-state index in [0.717, 1.165) is 0 Å². The van der Waals surface area contributed by atoms with E-state index in [2.05, 4.69) is 4.98 Å². The van der Waals surface area contributed by atoms with Crippen LogP contribution in [-0.2, 0) is 0 Å². The predicted molar refractivity (Wildman–Crippen MR) is 83.9 cm³/mol. The van der Waals surface area contributed by atoms with Gasteiger partial charge in [0.05, 0.1) is 4.92 Å². The predicted octanol–water partition coefficient (Wildman–Crippen LogP) is 3.50. The number of carbonyl (C=O) groups is 1. The van der Waals surface area contributed by atoms with Crippen LogP contribution in [0.2, 0.25) is 5.02 Å². The van der Waals surface area contributed by atoms with Gasteiger partial charge in [0, 0.05) is 33.6 Å². The van der Waals surface area contributed by atoms with E-state index in [9.17, 15) is 14.9 Å². The van der Waals surface area contributed by atoms with Crippen LogP contribution in [-0.4, -0.2) is 15.8 Å². The summed E-state index contributed by atoms with van der Waals surface area (Å²) in [5.74, 6) is -0.645. The number of amides is 1. The third kappa shape index (κ3) is 2.29. The van der Waals surface area contributed by atoms with Gasteiger partial charge in [-0.05, 0) is 23.8 Å². The molecule has 0 spiro atoms.